The Balaban J connectivity index is 1.87. The van der Waals surface area contributed by atoms with Gasteiger partial charge in [0.15, 0.2) is 0 Å². The minimum atomic E-state index is -0.906. The van der Waals surface area contributed by atoms with Crippen molar-refractivity contribution in [2.45, 2.75) is 38.3 Å². The number of rotatable bonds is 1. The Morgan fingerprint density at radius 2 is 1.65 bits per heavy atom. The normalized spacial score (nSPS) is 22.9. The Kier molecular flexibility index (Phi) is 2.87. The van der Waals surface area contributed by atoms with Crippen molar-refractivity contribution < 1.29 is 4.39 Å². The molecule has 2 aromatic carbocycles. The lowest BCUT2D eigenvalue weighted by Crippen LogP contribution is -2.15. The summed E-state index contributed by atoms with van der Waals surface area (Å²) in [5.74, 6) is 0.447. The first-order valence-electron chi connectivity index (χ1n) is 7.72. The SMILES string of the molecule is FC1C(C2CCCCC2)=Cc2cccc3cccc1c23. The van der Waals surface area contributed by atoms with Crippen molar-refractivity contribution in [3.8, 4) is 0 Å². The minimum Gasteiger partial charge on any atom is -0.237 e. The van der Waals surface area contributed by atoms with E-state index in [-0.39, 0.29) is 0 Å². The predicted molar refractivity (Wildman–Crippen MR) is 82.3 cm³/mol. The third-order valence-corrected chi connectivity index (χ3v) is 4.93. The summed E-state index contributed by atoms with van der Waals surface area (Å²) >= 11 is 0. The summed E-state index contributed by atoms with van der Waals surface area (Å²) in [5.41, 5.74) is 3.10. The van der Waals surface area contributed by atoms with Gasteiger partial charge in [-0.2, -0.15) is 0 Å². The molecule has 1 unspecified atom stereocenters. The number of benzene rings is 2. The second-order valence-corrected chi connectivity index (χ2v) is 6.13. The molecule has 1 saturated carbocycles. The van der Waals surface area contributed by atoms with E-state index in [1.54, 1.807) is 0 Å². The predicted octanol–water partition coefficient (Wildman–Crippen LogP) is 5.83. The van der Waals surface area contributed by atoms with Gasteiger partial charge in [-0.1, -0.05) is 61.7 Å². The van der Waals surface area contributed by atoms with Crippen LogP contribution in [-0.4, -0.2) is 0 Å². The van der Waals surface area contributed by atoms with Crippen LogP contribution in [0.2, 0.25) is 0 Å². The Morgan fingerprint density at radius 1 is 0.900 bits per heavy atom. The summed E-state index contributed by atoms with van der Waals surface area (Å²) in [6, 6.07) is 12.3. The molecule has 0 spiro atoms. The fraction of sp³-hybridized carbons (Fsp3) is 0.368. The number of alkyl halides is 1. The zero-order valence-corrected chi connectivity index (χ0v) is 11.6. The van der Waals surface area contributed by atoms with Gasteiger partial charge in [-0.05, 0) is 46.2 Å². The molecule has 2 aliphatic rings. The van der Waals surface area contributed by atoms with Crippen molar-refractivity contribution >= 4 is 16.8 Å². The highest BCUT2D eigenvalue weighted by Gasteiger charge is 2.29. The summed E-state index contributed by atoms with van der Waals surface area (Å²) in [7, 11) is 0. The van der Waals surface area contributed by atoms with E-state index in [0.29, 0.717) is 5.92 Å². The number of hydrogen-bond acceptors (Lipinski definition) is 0. The summed E-state index contributed by atoms with van der Waals surface area (Å²) in [4.78, 5) is 0. The molecule has 1 atom stereocenters. The molecule has 102 valence electrons. The van der Waals surface area contributed by atoms with E-state index in [2.05, 4.69) is 30.3 Å². The van der Waals surface area contributed by atoms with Gasteiger partial charge in [-0.25, -0.2) is 4.39 Å². The molecule has 0 aliphatic heterocycles. The first-order valence-corrected chi connectivity index (χ1v) is 7.72. The van der Waals surface area contributed by atoms with Crippen LogP contribution in [-0.2, 0) is 0 Å². The lowest BCUT2D eigenvalue weighted by molar-refractivity contribution is 0.320. The summed E-state index contributed by atoms with van der Waals surface area (Å²) < 4.78 is 15.0. The van der Waals surface area contributed by atoms with Crippen LogP contribution in [0.1, 0.15) is 49.4 Å². The molecule has 1 fully saturated rings. The minimum absolute atomic E-state index is 0.447. The second-order valence-electron chi connectivity index (χ2n) is 6.13. The van der Waals surface area contributed by atoms with E-state index in [1.807, 2.05) is 12.1 Å². The van der Waals surface area contributed by atoms with Gasteiger partial charge in [0.05, 0.1) is 0 Å². The molecule has 0 saturated heterocycles. The van der Waals surface area contributed by atoms with E-state index < -0.39 is 6.17 Å². The Morgan fingerprint density at radius 3 is 2.45 bits per heavy atom. The maximum Gasteiger partial charge on any atom is 0.147 e. The molecule has 1 heteroatoms. The van der Waals surface area contributed by atoms with Gasteiger partial charge < -0.3 is 0 Å². The van der Waals surface area contributed by atoms with Crippen molar-refractivity contribution in [2.75, 3.05) is 0 Å². The van der Waals surface area contributed by atoms with E-state index in [4.69, 9.17) is 0 Å². The molecule has 2 aromatic rings. The molecule has 2 aliphatic carbocycles. The van der Waals surface area contributed by atoms with Crippen molar-refractivity contribution in [1.82, 2.24) is 0 Å². The maximum absolute atomic E-state index is 15.0. The Labute approximate surface area is 119 Å². The van der Waals surface area contributed by atoms with Crippen LogP contribution in [0.5, 0.6) is 0 Å². The summed E-state index contributed by atoms with van der Waals surface area (Å²) in [6.07, 6.45) is 7.36. The largest absolute Gasteiger partial charge is 0.237 e. The topological polar surface area (TPSA) is 0 Å². The van der Waals surface area contributed by atoms with E-state index in [0.717, 1.165) is 34.8 Å². The number of allylic oxidation sites excluding steroid dienone is 1. The van der Waals surface area contributed by atoms with Gasteiger partial charge in [-0.3, -0.25) is 0 Å². The third kappa shape index (κ3) is 1.80. The van der Waals surface area contributed by atoms with Crippen LogP contribution in [0.15, 0.2) is 42.0 Å². The Bertz CT molecular complexity index is 672. The van der Waals surface area contributed by atoms with Gasteiger partial charge in [0, 0.05) is 0 Å². The van der Waals surface area contributed by atoms with Crippen LogP contribution in [0.25, 0.3) is 16.8 Å². The van der Waals surface area contributed by atoms with Crippen LogP contribution >= 0.6 is 0 Å². The molecule has 0 N–H and O–H groups in total. The van der Waals surface area contributed by atoms with Gasteiger partial charge in [-0.15, -0.1) is 0 Å². The molecule has 0 aromatic heterocycles. The third-order valence-electron chi connectivity index (χ3n) is 4.93. The van der Waals surface area contributed by atoms with Crippen LogP contribution in [0.4, 0.5) is 4.39 Å². The van der Waals surface area contributed by atoms with Gasteiger partial charge in [0.25, 0.3) is 0 Å². The van der Waals surface area contributed by atoms with Gasteiger partial charge in [0.1, 0.15) is 6.17 Å². The molecule has 0 bridgehead atoms. The number of halogens is 1. The summed E-state index contributed by atoms with van der Waals surface area (Å²) in [5, 5.41) is 2.27. The highest BCUT2D eigenvalue weighted by Crippen LogP contribution is 2.45. The van der Waals surface area contributed by atoms with Crippen LogP contribution in [0.3, 0.4) is 0 Å². The summed E-state index contributed by atoms with van der Waals surface area (Å²) in [6.45, 7) is 0. The second kappa shape index (κ2) is 4.73. The molecule has 0 heterocycles. The fourth-order valence-corrected chi connectivity index (χ4v) is 3.92. The molecular weight excluding hydrogens is 247 g/mol. The average molecular weight is 266 g/mol. The smallest absolute Gasteiger partial charge is 0.147 e. The Hall–Kier alpha value is -1.63. The van der Waals surface area contributed by atoms with Crippen LogP contribution in [0, 0.1) is 5.92 Å². The molecule has 0 radical (unpaired) electrons. The van der Waals surface area contributed by atoms with Crippen molar-refractivity contribution in [3.63, 3.8) is 0 Å². The molecular formula is C19H19F. The van der Waals surface area contributed by atoms with Crippen molar-refractivity contribution in [2.24, 2.45) is 5.92 Å². The number of hydrogen-bond donors (Lipinski definition) is 0. The van der Waals surface area contributed by atoms with Gasteiger partial charge in [0.2, 0.25) is 0 Å². The molecule has 0 amide bonds. The van der Waals surface area contributed by atoms with E-state index in [1.165, 1.54) is 24.8 Å². The van der Waals surface area contributed by atoms with E-state index >= 15 is 4.39 Å². The first kappa shape index (κ1) is 12.1. The molecule has 0 nitrogen and oxygen atoms in total. The zero-order chi connectivity index (χ0) is 13.5. The van der Waals surface area contributed by atoms with Crippen LogP contribution < -0.4 is 0 Å². The van der Waals surface area contributed by atoms with Crippen molar-refractivity contribution in [1.29, 1.82) is 0 Å². The zero-order valence-electron chi connectivity index (χ0n) is 11.6. The maximum atomic E-state index is 15.0. The monoisotopic (exact) mass is 266 g/mol. The fourth-order valence-electron chi connectivity index (χ4n) is 3.92. The van der Waals surface area contributed by atoms with E-state index in [9.17, 15) is 0 Å². The molecule has 4 rings (SSSR count). The average Bonchev–Trinajstić information content (AvgIpc) is 2.52. The first-order chi connectivity index (χ1) is 9.84. The van der Waals surface area contributed by atoms with Gasteiger partial charge >= 0.3 is 0 Å². The van der Waals surface area contributed by atoms with Crippen molar-refractivity contribution in [3.05, 3.63) is 53.1 Å². The quantitative estimate of drug-likeness (QED) is 0.609. The lowest BCUT2D eigenvalue weighted by Gasteiger charge is -2.30. The standard InChI is InChI=1S/C19H19F/c20-19-16-11-5-9-14-8-4-10-15(18(14)16)12-17(19)13-6-2-1-3-7-13/h4-5,8-13,19H,1-3,6-7H2. The highest BCUT2D eigenvalue weighted by atomic mass is 19.1. The lowest BCUT2D eigenvalue weighted by atomic mass is 9.76. The molecule has 20 heavy (non-hydrogen) atoms. The highest BCUT2D eigenvalue weighted by molar-refractivity contribution is 5.96.